The summed E-state index contributed by atoms with van der Waals surface area (Å²) in [5.74, 6) is 0.871. The van der Waals surface area contributed by atoms with Gasteiger partial charge in [-0.15, -0.1) is 12.4 Å². The van der Waals surface area contributed by atoms with E-state index >= 15 is 0 Å². The zero-order valence-corrected chi connectivity index (χ0v) is 15.3. The van der Waals surface area contributed by atoms with Crippen LogP contribution in [-0.4, -0.2) is 36.5 Å². The molecule has 2 atom stereocenters. The van der Waals surface area contributed by atoms with Crippen LogP contribution in [-0.2, 0) is 4.79 Å². The van der Waals surface area contributed by atoms with Gasteiger partial charge in [-0.25, -0.2) is 0 Å². The van der Waals surface area contributed by atoms with Crippen molar-refractivity contribution in [3.8, 4) is 0 Å². The molecular weight excluding hydrogens is 304 g/mol. The molecule has 21 heavy (non-hydrogen) atoms. The van der Waals surface area contributed by atoms with E-state index in [1.54, 1.807) is 0 Å². The van der Waals surface area contributed by atoms with E-state index in [0.29, 0.717) is 11.8 Å². The lowest BCUT2D eigenvalue weighted by atomic mass is 9.67. The molecule has 3 nitrogen and oxygen atoms in total. The molecule has 0 bridgehead atoms. The van der Waals surface area contributed by atoms with Crippen molar-refractivity contribution in [1.29, 1.82) is 0 Å². The molecule has 2 N–H and O–H groups in total. The molecule has 2 rings (SSSR count). The van der Waals surface area contributed by atoms with Crippen molar-refractivity contribution in [3.63, 3.8) is 0 Å². The Morgan fingerprint density at radius 2 is 2.10 bits per heavy atom. The highest BCUT2D eigenvalue weighted by Crippen LogP contribution is 2.44. The Morgan fingerprint density at radius 3 is 2.71 bits per heavy atom. The van der Waals surface area contributed by atoms with Crippen LogP contribution in [0, 0.1) is 11.3 Å². The summed E-state index contributed by atoms with van der Waals surface area (Å²) in [5, 5.41) is 6.77. The van der Waals surface area contributed by atoms with Gasteiger partial charge in [0, 0.05) is 17.8 Å². The van der Waals surface area contributed by atoms with Crippen molar-refractivity contribution < 1.29 is 4.79 Å². The van der Waals surface area contributed by atoms with Crippen LogP contribution in [0.3, 0.4) is 0 Å². The first-order chi connectivity index (χ1) is 9.62. The Labute approximate surface area is 140 Å². The van der Waals surface area contributed by atoms with Crippen molar-refractivity contribution in [2.75, 3.05) is 25.9 Å². The molecule has 0 aromatic carbocycles. The van der Waals surface area contributed by atoms with Gasteiger partial charge in [0.05, 0.1) is 5.41 Å². The molecule has 0 aromatic rings. The lowest BCUT2D eigenvalue weighted by molar-refractivity contribution is -0.134. The number of nitrogens with one attached hydrogen (secondary N) is 2. The van der Waals surface area contributed by atoms with Gasteiger partial charge < -0.3 is 10.6 Å². The Bertz CT molecular complexity index is 341. The first-order valence-corrected chi connectivity index (χ1v) is 9.39. The number of rotatable bonds is 6. The van der Waals surface area contributed by atoms with Crippen molar-refractivity contribution in [2.45, 2.75) is 57.1 Å². The number of carbonyl (C=O) groups is 1. The van der Waals surface area contributed by atoms with Gasteiger partial charge >= 0.3 is 0 Å². The summed E-state index contributed by atoms with van der Waals surface area (Å²) in [7, 11) is 0. The predicted molar refractivity (Wildman–Crippen MR) is 94.3 cm³/mol. The summed E-state index contributed by atoms with van der Waals surface area (Å²) >= 11 is 1.90. The first-order valence-electron chi connectivity index (χ1n) is 8.16. The van der Waals surface area contributed by atoms with Crippen molar-refractivity contribution in [3.05, 3.63) is 0 Å². The summed E-state index contributed by atoms with van der Waals surface area (Å²) < 4.78 is 0.211. The number of halogens is 1. The predicted octanol–water partition coefficient (Wildman–Crippen LogP) is 3.23. The van der Waals surface area contributed by atoms with E-state index in [9.17, 15) is 4.79 Å². The number of amides is 1. The quantitative estimate of drug-likeness (QED) is 0.783. The number of carbonyl (C=O) groups excluding carboxylic acids is 1. The highest BCUT2D eigenvalue weighted by Gasteiger charge is 2.49. The maximum absolute atomic E-state index is 12.8. The summed E-state index contributed by atoms with van der Waals surface area (Å²) in [6.07, 6.45) is 9.18. The molecule has 1 aliphatic heterocycles. The topological polar surface area (TPSA) is 41.1 Å². The number of hydrogen-bond acceptors (Lipinski definition) is 3. The fourth-order valence-corrected chi connectivity index (χ4v) is 4.76. The van der Waals surface area contributed by atoms with E-state index in [1.807, 2.05) is 11.8 Å². The molecule has 1 heterocycles. The van der Waals surface area contributed by atoms with Crippen LogP contribution in [0.15, 0.2) is 0 Å². The molecule has 124 valence electrons. The maximum Gasteiger partial charge on any atom is 0.227 e. The summed E-state index contributed by atoms with van der Waals surface area (Å²) in [6.45, 7) is 7.18. The smallest absolute Gasteiger partial charge is 0.227 e. The van der Waals surface area contributed by atoms with Crippen molar-refractivity contribution in [2.24, 2.45) is 11.3 Å². The van der Waals surface area contributed by atoms with Gasteiger partial charge in [-0.2, -0.15) is 11.8 Å². The van der Waals surface area contributed by atoms with E-state index < -0.39 is 0 Å². The van der Waals surface area contributed by atoms with Crippen molar-refractivity contribution in [1.82, 2.24) is 10.6 Å². The zero-order chi connectivity index (χ0) is 14.6. The number of hydrogen-bond donors (Lipinski definition) is 2. The summed E-state index contributed by atoms with van der Waals surface area (Å²) in [4.78, 5) is 12.8. The van der Waals surface area contributed by atoms with E-state index in [1.165, 1.54) is 19.3 Å². The minimum Gasteiger partial charge on any atom is -0.354 e. The summed E-state index contributed by atoms with van der Waals surface area (Å²) in [6, 6.07) is 0. The second-order valence-electron chi connectivity index (χ2n) is 6.51. The molecule has 1 saturated carbocycles. The summed E-state index contributed by atoms with van der Waals surface area (Å²) in [5.41, 5.74) is -0.107. The van der Waals surface area contributed by atoms with E-state index in [-0.39, 0.29) is 22.6 Å². The largest absolute Gasteiger partial charge is 0.354 e. The third-order valence-corrected chi connectivity index (χ3v) is 7.37. The SMILES string of the molecule is CCC(CC)(CNC(=O)[C@@]12CCCC[C@H]1CNC2)SC.Cl. The molecule has 2 fully saturated rings. The molecule has 0 spiro atoms. The van der Waals surface area contributed by atoms with Gasteiger partial charge in [0.25, 0.3) is 0 Å². The maximum atomic E-state index is 12.8. The monoisotopic (exact) mass is 334 g/mol. The Morgan fingerprint density at radius 1 is 1.38 bits per heavy atom. The van der Waals surface area contributed by atoms with E-state index in [2.05, 4.69) is 30.7 Å². The minimum absolute atomic E-state index is 0. The van der Waals surface area contributed by atoms with Crippen LogP contribution in [0.25, 0.3) is 0 Å². The second kappa shape index (κ2) is 8.07. The average Bonchev–Trinajstić information content (AvgIpc) is 2.94. The normalized spacial score (nSPS) is 28.6. The van der Waals surface area contributed by atoms with Gasteiger partial charge in [0.1, 0.15) is 0 Å². The number of fused-ring (bicyclic) bond motifs is 1. The third kappa shape index (κ3) is 3.70. The molecule has 5 heteroatoms. The van der Waals surface area contributed by atoms with Gasteiger partial charge in [-0.3, -0.25) is 4.79 Å². The molecule has 0 unspecified atom stereocenters. The molecule has 0 radical (unpaired) electrons. The van der Waals surface area contributed by atoms with Crippen molar-refractivity contribution >= 4 is 30.1 Å². The lowest BCUT2D eigenvalue weighted by Gasteiger charge is -2.38. The fourth-order valence-electron chi connectivity index (χ4n) is 3.97. The Balaban J connectivity index is 0.00000220. The Hall–Kier alpha value is 0.0700. The molecule has 1 aliphatic carbocycles. The van der Waals surface area contributed by atoms with Gasteiger partial charge in [-0.1, -0.05) is 26.7 Å². The average molecular weight is 335 g/mol. The van der Waals surface area contributed by atoms with Gasteiger partial charge in [0.2, 0.25) is 5.91 Å². The lowest BCUT2D eigenvalue weighted by Crippen LogP contribution is -2.51. The van der Waals surface area contributed by atoms with E-state index in [0.717, 1.165) is 38.9 Å². The molecule has 2 aliphatic rings. The first kappa shape index (κ1) is 19.1. The highest BCUT2D eigenvalue weighted by atomic mass is 35.5. The fraction of sp³-hybridized carbons (Fsp3) is 0.938. The minimum atomic E-state index is -0.107. The van der Waals surface area contributed by atoms with Crippen LogP contribution in [0.2, 0.25) is 0 Å². The molecule has 1 amide bonds. The van der Waals surface area contributed by atoms with Crippen LogP contribution < -0.4 is 10.6 Å². The third-order valence-electron chi connectivity index (χ3n) is 5.78. The molecule has 1 saturated heterocycles. The highest BCUT2D eigenvalue weighted by molar-refractivity contribution is 8.00. The second-order valence-corrected chi connectivity index (χ2v) is 7.78. The van der Waals surface area contributed by atoms with E-state index in [4.69, 9.17) is 0 Å². The van der Waals surface area contributed by atoms with Crippen LogP contribution >= 0.6 is 24.2 Å². The molecular formula is C16H31ClN2OS. The Kier molecular flexibility index (Phi) is 7.35. The van der Waals surface area contributed by atoms with Crippen LogP contribution in [0.4, 0.5) is 0 Å². The van der Waals surface area contributed by atoms with Gasteiger partial charge in [-0.05, 0) is 44.4 Å². The number of thioether (sulfide) groups is 1. The molecule has 0 aromatic heterocycles. The standard InChI is InChI=1S/C16H30N2OS.ClH/c1-4-15(5-2,20-3)11-18-14(19)16-9-7-6-8-13(16)10-17-12-16;/h13,17H,4-12H2,1-3H3,(H,18,19);1H/t13-,16+;/m0./s1. The van der Waals surface area contributed by atoms with Crippen LogP contribution in [0.5, 0.6) is 0 Å². The van der Waals surface area contributed by atoms with Crippen LogP contribution in [0.1, 0.15) is 52.4 Å². The zero-order valence-electron chi connectivity index (χ0n) is 13.7. The van der Waals surface area contributed by atoms with Gasteiger partial charge in [0.15, 0.2) is 0 Å².